The number of nitrogens with one attached hydrogen (secondary N) is 2. The lowest BCUT2D eigenvalue weighted by Gasteiger charge is -2.28. The van der Waals surface area contributed by atoms with E-state index in [1.807, 2.05) is 30.3 Å². The van der Waals surface area contributed by atoms with Gasteiger partial charge in [0.05, 0.1) is 18.2 Å². The molecule has 0 saturated carbocycles. The number of benzene rings is 2. The minimum absolute atomic E-state index is 0.0599. The third-order valence-corrected chi connectivity index (χ3v) is 4.16. The summed E-state index contributed by atoms with van der Waals surface area (Å²) in [5.41, 5.74) is 2.44. The molecule has 0 spiro atoms. The van der Waals surface area contributed by atoms with Gasteiger partial charge in [-0.25, -0.2) is 9.59 Å². The number of carbonyl (C=O) groups is 2. The van der Waals surface area contributed by atoms with Crippen molar-refractivity contribution < 1.29 is 19.4 Å². The number of esters is 1. The van der Waals surface area contributed by atoms with Crippen LogP contribution in [0.4, 0.5) is 4.79 Å². The molecular formula is C20H20N2O4. The maximum absolute atomic E-state index is 12.6. The molecule has 134 valence electrons. The zero-order chi connectivity index (χ0) is 18.5. The molecular weight excluding hydrogens is 332 g/mol. The number of urea groups is 1. The Kier molecular flexibility index (Phi) is 5.22. The van der Waals surface area contributed by atoms with E-state index < -0.39 is 18.0 Å². The van der Waals surface area contributed by atoms with Crippen molar-refractivity contribution in [3.63, 3.8) is 0 Å². The maximum atomic E-state index is 12.6. The third kappa shape index (κ3) is 4.03. The van der Waals surface area contributed by atoms with Gasteiger partial charge in [-0.3, -0.25) is 0 Å². The minimum Gasteiger partial charge on any atom is -0.508 e. The van der Waals surface area contributed by atoms with Crippen LogP contribution in [-0.4, -0.2) is 23.7 Å². The number of phenols is 1. The monoisotopic (exact) mass is 352 g/mol. The van der Waals surface area contributed by atoms with Crippen LogP contribution < -0.4 is 10.6 Å². The quantitative estimate of drug-likeness (QED) is 0.722. The number of aromatic hydroxyl groups is 1. The Morgan fingerprint density at radius 2 is 1.92 bits per heavy atom. The number of ether oxygens (including phenoxy) is 1. The van der Waals surface area contributed by atoms with Gasteiger partial charge < -0.3 is 20.5 Å². The summed E-state index contributed by atoms with van der Waals surface area (Å²) in [6.45, 7) is 1.89. The Hall–Kier alpha value is -3.28. The van der Waals surface area contributed by atoms with Crippen molar-refractivity contribution in [3.05, 3.63) is 77.0 Å². The molecule has 0 saturated heterocycles. The van der Waals surface area contributed by atoms with E-state index in [-0.39, 0.29) is 12.4 Å². The van der Waals surface area contributed by atoms with Crippen LogP contribution >= 0.6 is 0 Å². The Morgan fingerprint density at radius 3 is 2.65 bits per heavy atom. The molecule has 1 aliphatic rings. The van der Waals surface area contributed by atoms with Crippen LogP contribution in [0.2, 0.25) is 0 Å². The van der Waals surface area contributed by atoms with Crippen LogP contribution in [0.1, 0.15) is 24.1 Å². The van der Waals surface area contributed by atoms with Gasteiger partial charge in [-0.2, -0.15) is 0 Å². The lowest BCUT2D eigenvalue weighted by atomic mass is 9.95. The summed E-state index contributed by atoms with van der Waals surface area (Å²) in [6, 6.07) is 15.1. The first kappa shape index (κ1) is 17.5. The van der Waals surface area contributed by atoms with Crippen LogP contribution in [-0.2, 0) is 16.0 Å². The first-order valence-corrected chi connectivity index (χ1v) is 8.33. The Labute approximate surface area is 151 Å². The van der Waals surface area contributed by atoms with Crippen LogP contribution in [0, 0.1) is 0 Å². The van der Waals surface area contributed by atoms with Crippen molar-refractivity contribution in [2.75, 3.05) is 6.61 Å². The Morgan fingerprint density at radius 1 is 1.15 bits per heavy atom. The fourth-order valence-corrected chi connectivity index (χ4v) is 2.90. The summed E-state index contributed by atoms with van der Waals surface area (Å²) in [5, 5.41) is 15.0. The molecule has 0 radical (unpaired) electrons. The third-order valence-electron chi connectivity index (χ3n) is 4.16. The highest BCUT2D eigenvalue weighted by Crippen LogP contribution is 2.29. The molecule has 2 aromatic rings. The summed E-state index contributed by atoms with van der Waals surface area (Å²) in [7, 11) is 0. The lowest BCUT2D eigenvalue weighted by molar-refractivity contribution is -0.139. The van der Waals surface area contributed by atoms with E-state index in [1.54, 1.807) is 19.1 Å². The van der Waals surface area contributed by atoms with Crippen molar-refractivity contribution in [1.82, 2.24) is 10.6 Å². The predicted octanol–water partition coefficient (Wildman–Crippen LogP) is 2.81. The van der Waals surface area contributed by atoms with Gasteiger partial charge >= 0.3 is 12.0 Å². The fraction of sp³-hybridized carbons (Fsp3) is 0.200. The normalized spacial score (nSPS) is 16.7. The average Bonchev–Trinajstić information content (AvgIpc) is 2.62. The molecule has 0 bridgehead atoms. The van der Waals surface area contributed by atoms with Crippen LogP contribution in [0.5, 0.6) is 5.75 Å². The summed E-state index contributed by atoms with van der Waals surface area (Å²) < 4.78 is 5.42. The molecule has 1 aliphatic heterocycles. The minimum atomic E-state index is -0.680. The Bertz CT molecular complexity index is 846. The molecule has 26 heavy (non-hydrogen) atoms. The zero-order valence-electron chi connectivity index (χ0n) is 14.4. The van der Waals surface area contributed by atoms with Crippen molar-refractivity contribution in [1.29, 1.82) is 0 Å². The smallest absolute Gasteiger partial charge is 0.338 e. The second kappa shape index (κ2) is 7.74. The molecule has 1 heterocycles. The number of phenolic OH excluding ortho intramolecular Hbond substituents is 1. The molecule has 6 nitrogen and oxygen atoms in total. The number of rotatable bonds is 5. The molecule has 1 unspecified atom stereocenters. The van der Waals surface area contributed by atoms with E-state index >= 15 is 0 Å². The number of hydrogen-bond donors (Lipinski definition) is 3. The van der Waals surface area contributed by atoms with Gasteiger partial charge in [0.1, 0.15) is 5.75 Å². The van der Waals surface area contributed by atoms with Gasteiger partial charge in [0.15, 0.2) is 0 Å². The molecule has 0 fully saturated rings. The summed E-state index contributed by atoms with van der Waals surface area (Å²) in [6.07, 6.45) is 0.607. The van der Waals surface area contributed by atoms with E-state index in [0.29, 0.717) is 23.3 Å². The van der Waals surface area contributed by atoms with Crippen LogP contribution in [0.3, 0.4) is 0 Å². The summed E-state index contributed by atoms with van der Waals surface area (Å²) >= 11 is 0. The molecule has 2 amide bonds. The topological polar surface area (TPSA) is 87.7 Å². The van der Waals surface area contributed by atoms with E-state index in [2.05, 4.69) is 10.6 Å². The van der Waals surface area contributed by atoms with Gasteiger partial charge in [0.2, 0.25) is 0 Å². The van der Waals surface area contributed by atoms with Gasteiger partial charge in [0.25, 0.3) is 0 Å². The fourth-order valence-electron chi connectivity index (χ4n) is 2.90. The Balaban J connectivity index is 1.76. The molecule has 6 heteroatoms. The SMILES string of the molecule is CC1=C(C(=O)OCCc2ccccc2)C(c2cccc(O)c2)NC(=O)N1. The van der Waals surface area contributed by atoms with Gasteiger partial charge in [0, 0.05) is 12.1 Å². The molecule has 2 aromatic carbocycles. The second-order valence-electron chi connectivity index (χ2n) is 6.04. The first-order valence-electron chi connectivity index (χ1n) is 8.33. The predicted molar refractivity (Wildman–Crippen MR) is 96.3 cm³/mol. The average molecular weight is 352 g/mol. The molecule has 3 N–H and O–H groups in total. The lowest BCUT2D eigenvalue weighted by Crippen LogP contribution is -2.45. The van der Waals surface area contributed by atoms with E-state index in [1.165, 1.54) is 12.1 Å². The second-order valence-corrected chi connectivity index (χ2v) is 6.04. The van der Waals surface area contributed by atoms with Gasteiger partial charge in [-0.1, -0.05) is 42.5 Å². The highest BCUT2D eigenvalue weighted by atomic mass is 16.5. The van der Waals surface area contributed by atoms with Crippen LogP contribution in [0.15, 0.2) is 65.9 Å². The standard InChI is InChI=1S/C20H20N2O4/c1-13-17(19(24)26-11-10-14-6-3-2-4-7-14)18(22-20(25)21-13)15-8-5-9-16(23)12-15/h2-9,12,18,23H,10-11H2,1H3,(H2,21,22,25). The summed E-state index contributed by atoms with van der Waals surface area (Å²) in [5.74, 6) is -0.441. The van der Waals surface area contributed by atoms with Crippen molar-refractivity contribution in [2.24, 2.45) is 0 Å². The van der Waals surface area contributed by atoms with Gasteiger partial charge in [-0.05, 0) is 30.2 Å². The molecule has 0 aliphatic carbocycles. The number of amides is 2. The number of hydrogen-bond acceptors (Lipinski definition) is 4. The van der Waals surface area contributed by atoms with Gasteiger partial charge in [-0.15, -0.1) is 0 Å². The molecule has 0 aromatic heterocycles. The zero-order valence-corrected chi connectivity index (χ0v) is 14.4. The summed E-state index contributed by atoms with van der Waals surface area (Å²) in [4.78, 5) is 24.5. The van der Waals surface area contributed by atoms with E-state index in [4.69, 9.17) is 4.74 Å². The van der Waals surface area contributed by atoms with Crippen molar-refractivity contribution in [3.8, 4) is 5.75 Å². The van der Waals surface area contributed by atoms with Crippen LogP contribution in [0.25, 0.3) is 0 Å². The first-order chi connectivity index (χ1) is 12.5. The van der Waals surface area contributed by atoms with Crippen molar-refractivity contribution >= 4 is 12.0 Å². The maximum Gasteiger partial charge on any atom is 0.338 e. The largest absolute Gasteiger partial charge is 0.508 e. The highest BCUT2D eigenvalue weighted by molar-refractivity contribution is 5.95. The number of allylic oxidation sites excluding steroid dienone is 1. The van der Waals surface area contributed by atoms with E-state index in [9.17, 15) is 14.7 Å². The van der Waals surface area contributed by atoms with E-state index in [0.717, 1.165) is 5.56 Å². The van der Waals surface area contributed by atoms with Crippen molar-refractivity contribution in [2.45, 2.75) is 19.4 Å². The molecule has 1 atom stereocenters. The highest BCUT2D eigenvalue weighted by Gasteiger charge is 2.32. The number of carbonyl (C=O) groups excluding carboxylic acids is 2. The molecule has 3 rings (SSSR count).